The lowest BCUT2D eigenvalue weighted by molar-refractivity contribution is 0.111. The third kappa shape index (κ3) is 4.11. The van der Waals surface area contributed by atoms with E-state index < -0.39 is 11.6 Å². The highest BCUT2D eigenvalue weighted by molar-refractivity contribution is 8.00. The van der Waals surface area contributed by atoms with E-state index in [1.165, 1.54) is 22.6 Å². The van der Waals surface area contributed by atoms with Crippen molar-refractivity contribution >= 4 is 34.8 Å². The fourth-order valence-electron chi connectivity index (χ4n) is 3.36. The molecule has 164 valence electrons. The second-order valence-corrected chi connectivity index (χ2v) is 8.08. The SMILES string of the molecule is CCSNc1ccc(Oc2ccc(F)cc2F)c(-c2cn(C)c(=O)c3[nH]c(C=O)cc23)c1. The van der Waals surface area contributed by atoms with Crippen LogP contribution in [0.1, 0.15) is 17.4 Å². The molecule has 0 radical (unpaired) electrons. The summed E-state index contributed by atoms with van der Waals surface area (Å²) >= 11 is 1.50. The van der Waals surface area contributed by atoms with Crippen LogP contribution in [0.4, 0.5) is 14.5 Å². The average molecular weight is 455 g/mol. The number of rotatable bonds is 7. The molecule has 0 amide bonds. The largest absolute Gasteiger partial charge is 0.454 e. The number of fused-ring (bicyclic) bond motifs is 1. The van der Waals surface area contributed by atoms with E-state index in [1.54, 1.807) is 31.4 Å². The van der Waals surface area contributed by atoms with E-state index in [-0.39, 0.29) is 22.5 Å². The minimum absolute atomic E-state index is 0.139. The molecule has 2 heterocycles. The Kier molecular flexibility index (Phi) is 6.00. The molecular formula is C23H19F2N3O3S. The van der Waals surface area contributed by atoms with Gasteiger partial charge in [-0.3, -0.25) is 9.59 Å². The van der Waals surface area contributed by atoms with Gasteiger partial charge in [-0.05, 0) is 36.4 Å². The molecule has 32 heavy (non-hydrogen) atoms. The molecule has 2 aromatic heterocycles. The number of halogens is 2. The molecule has 0 bridgehead atoms. The van der Waals surface area contributed by atoms with Crippen LogP contribution in [0.5, 0.6) is 11.5 Å². The van der Waals surface area contributed by atoms with Gasteiger partial charge in [0.25, 0.3) is 5.56 Å². The van der Waals surface area contributed by atoms with Crippen molar-refractivity contribution in [2.24, 2.45) is 7.05 Å². The highest BCUT2D eigenvalue weighted by Crippen LogP contribution is 2.39. The van der Waals surface area contributed by atoms with E-state index in [9.17, 15) is 18.4 Å². The monoisotopic (exact) mass is 455 g/mol. The van der Waals surface area contributed by atoms with Crippen LogP contribution in [0.3, 0.4) is 0 Å². The van der Waals surface area contributed by atoms with E-state index in [0.29, 0.717) is 28.5 Å². The Morgan fingerprint density at radius 2 is 1.91 bits per heavy atom. The van der Waals surface area contributed by atoms with Gasteiger partial charge in [0.05, 0.1) is 5.69 Å². The van der Waals surface area contributed by atoms with Crippen molar-refractivity contribution in [2.45, 2.75) is 6.92 Å². The van der Waals surface area contributed by atoms with Crippen LogP contribution < -0.4 is 15.0 Å². The maximum absolute atomic E-state index is 14.3. The van der Waals surface area contributed by atoms with Crippen LogP contribution in [-0.2, 0) is 7.05 Å². The fraction of sp³-hybridized carbons (Fsp3) is 0.130. The van der Waals surface area contributed by atoms with Crippen LogP contribution in [0.15, 0.2) is 53.5 Å². The first-order valence-corrected chi connectivity index (χ1v) is 10.7. The second kappa shape index (κ2) is 8.88. The summed E-state index contributed by atoms with van der Waals surface area (Å²) in [5.41, 5.74) is 2.17. The van der Waals surface area contributed by atoms with E-state index in [2.05, 4.69) is 9.71 Å². The molecule has 2 N–H and O–H groups in total. The van der Waals surface area contributed by atoms with Gasteiger partial charge in [0.1, 0.15) is 17.1 Å². The summed E-state index contributed by atoms with van der Waals surface area (Å²) in [5.74, 6) is -0.551. The number of aldehydes is 1. The number of aromatic amines is 1. The number of pyridine rings is 1. The van der Waals surface area contributed by atoms with Crippen molar-refractivity contribution in [2.75, 3.05) is 10.5 Å². The second-order valence-electron chi connectivity index (χ2n) is 7.01. The number of nitrogens with zero attached hydrogens (tertiary/aromatic N) is 1. The molecule has 0 saturated carbocycles. The van der Waals surface area contributed by atoms with Gasteiger partial charge in [-0.2, -0.15) is 0 Å². The van der Waals surface area contributed by atoms with Gasteiger partial charge in [-0.25, -0.2) is 8.78 Å². The molecular weight excluding hydrogens is 436 g/mol. The maximum atomic E-state index is 14.3. The van der Waals surface area contributed by atoms with E-state index in [0.717, 1.165) is 23.6 Å². The van der Waals surface area contributed by atoms with Gasteiger partial charge in [-0.15, -0.1) is 0 Å². The summed E-state index contributed by atoms with van der Waals surface area (Å²) in [6.07, 6.45) is 2.26. The summed E-state index contributed by atoms with van der Waals surface area (Å²) in [4.78, 5) is 26.7. The van der Waals surface area contributed by atoms with E-state index in [1.807, 2.05) is 13.0 Å². The first kappa shape index (κ1) is 21.6. The lowest BCUT2D eigenvalue weighted by Gasteiger charge is -2.16. The quantitative estimate of drug-likeness (QED) is 0.284. The van der Waals surface area contributed by atoms with Crippen molar-refractivity contribution in [1.29, 1.82) is 0 Å². The number of aromatic nitrogens is 2. The summed E-state index contributed by atoms with van der Waals surface area (Å²) in [7, 11) is 1.60. The minimum atomic E-state index is -0.838. The fourth-order valence-corrected chi connectivity index (χ4v) is 3.80. The Hall–Kier alpha value is -3.59. The first-order valence-electron chi connectivity index (χ1n) is 9.74. The number of benzene rings is 2. The standard InChI is InChI=1S/C23H19F2N3O3S/c1-3-32-27-14-5-7-20(31-21-6-4-13(24)8-19(21)25)16(9-14)18-11-28(2)23(30)22-17(18)10-15(12-29)26-22/h4-12,26-27H,3H2,1-2H3. The normalized spacial score (nSPS) is 11.0. The summed E-state index contributed by atoms with van der Waals surface area (Å²) < 4.78 is 38.0. The van der Waals surface area contributed by atoms with Gasteiger partial charge in [0.15, 0.2) is 17.9 Å². The molecule has 9 heteroatoms. The molecule has 0 saturated heterocycles. The Morgan fingerprint density at radius 3 is 2.62 bits per heavy atom. The number of hydrogen-bond acceptors (Lipinski definition) is 5. The number of hydrogen-bond donors (Lipinski definition) is 2. The molecule has 4 rings (SSSR count). The number of aryl methyl sites for hydroxylation is 1. The number of anilines is 1. The van der Waals surface area contributed by atoms with Crippen LogP contribution in [0, 0.1) is 11.6 Å². The van der Waals surface area contributed by atoms with E-state index in [4.69, 9.17) is 4.74 Å². The lowest BCUT2D eigenvalue weighted by atomic mass is 10.0. The zero-order chi connectivity index (χ0) is 22.8. The first-order chi connectivity index (χ1) is 15.4. The average Bonchev–Trinajstić information content (AvgIpc) is 3.22. The maximum Gasteiger partial charge on any atom is 0.274 e. The number of carbonyl (C=O) groups is 1. The predicted molar refractivity (Wildman–Crippen MR) is 123 cm³/mol. The molecule has 0 aliphatic carbocycles. The van der Waals surface area contributed by atoms with Gasteiger partial charge < -0.3 is 19.0 Å². The molecule has 2 aromatic carbocycles. The Balaban J connectivity index is 1.93. The number of ether oxygens (including phenoxy) is 1. The van der Waals surface area contributed by atoms with E-state index >= 15 is 0 Å². The summed E-state index contributed by atoms with van der Waals surface area (Å²) in [6, 6.07) is 9.91. The molecule has 0 unspecified atom stereocenters. The topological polar surface area (TPSA) is 76.1 Å². The number of carbonyl (C=O) groups excluding carboxylic acids is 1. The van der Waals surface area contributed by atoms with Crippen LogP contribution >= 0.6 is 11.9 Å². The van der Waals surface area contributed by atoms with Gasteiger partial charge >= 0.3 is 0 Å². The third-order valence-corrected chi connectivity index (χ3v) is 5.50. The van der Waals surface area contributed by atoms with Gasteiger partial charge in [0, 0.05) is 47.3 Å². The van der Waals surface area contributed by atoms with Crippen LogP contribution in [0.2, 0.25) is 0 Å². The molecule has 6 nitrogen and oxygen atoms in total. The smallest absolute Gasteiger partial charge is 0.274 e. The highest BCUT2D eigenvalue weighted by atomic mass is 32.2. The zero-order valence-electron chi connectivity index (χ0n) is 17.2. The molecule has 0 fully saturated rings. The van der Waals surface area contributed by atoms with Gasteiger partial charge in [-0.1, -0.05) is 18.9 Å². The van der Waals surface area contributed by atoms with Crippen molar-refractivity contribution in [3.8, 4) is 22.6 Å². The van der Waals surface area contributed by atoms with Crippen LogP contribution in [-0.4, -0.2) is 21.6 Å². The summed E-state index contributed by atoms with van der Waals surface area (Å²) in [6.45, 7) is 2.00. The number of H-pyrrole nitrogens is 1. The Morgan fingerprint density at radius 1 is 1.12 bits per heavy atom. The molecule has 0 aliphatic rings. The summed E-state index contributed by atoms with van der Waals surface area (Å²) in [5, 5.41) is 0.528. The number of nitrogens with one attached hydrogen (secondary N) is 2. The van der Waals surface area contributed by atoms with Gasteiger partial charge in [0.2, 0.25) is 0 Å². The molecule has 4 aromatic rings. The molecule has 0 atom stereocenters. The van der Waals surface area contributed by atoms with Crippen molar-refractivity contribution in [1.82, 2.24) is 9.55 Å². The van der Waals surface area contributed by atoms with Crippen molar-refractivity contribution in [3.63, 3.8) is 0 Å². The van der Waals surface area contributed by atoms with Crippen molar-refractivity contribution < 1.29 is 18.3 Å². The van der Waals surface area contributed by atoms with Crippen molar-refractivity contribution in [3.05, 3.63) is 76.3 Å². The minimum Gasteiger partial charge on any atom is -0.454 e. The third-order valence-electron chi connectivity index (χ3n) is 4.83. The predicted octanol–water partition coefficient (Wildman–Crippen LogP) is 5.50. The van der Waals surface area contributed by atoms with Crippen LogP contribution in [0.25, 0.3) is 22.0 Å². The molecule has 0 spiro atoms. The molecule has 0 aliphatic heterocycles. The Bertz CT molecular complexity index is 1380. The zero-order valence-corrected chi connectivity index (χ0v) is 18.1. The lowest BCUT2D eigenvalue weighted by Crippen LogP contribution is -2.16. The highest BCUT2D eigenvalue weighted by Gasteiger charge is 2.18. The Labute approximate surface area is 186 Å².